The van der Waals surface area contributed by atoms with Gasteiger partial charge in [0.25, 0.3) is 0 Å². The second-order valence-electron chi connectivity index (χ2n) is 7.76. The van der Waals surface area contributed by atoms with Crippen molar-refractivity contribution >= 4 is 40.2 Å². The molecule has 0 unspecified atom stereocenters. The number of hydrogen-bond donors (Lipinski definition) is 1. The van der Waals surface area contributed by atoms with Gasteiger partial charge in [0.05, 0.1) is 6.42 Å². The Morgan fingerprint density at radius 1 is 1.00 bits per heavy atom. The Morgan fingerprint density at radius 2 is 1.71 bits per heavy atom. The summed E-state index contributed by atoms with van der Waals surface area (Å²) in [7, 11) is 0. The van der Waals surface area contributed by atoms with Crippen LogP contribution in [0.1, 0.15) is 47.9 Å². The van der Waals surface area contributed by atoms with Crippen LogP contribution in [0.4, 0.5) is 10.1 Å². The fourth-order valence-electron chi connectivity index (χ4n) is 4.03. The molecule has 1 aliphatic carbocycles. The number of halogens is 1. The van der Waals surface area contributed by atoms with E-state index < -0.39 is 6.04 Å². The Kier molecular flexibility index (Phi) is 7.14. The highest BCUT2D eigenvalue weighted by atomic mass is 32.1. The first kappa shape index (κ1) is 21.7. The number of anilines is 1. The van der Waals surface area contributed by atoms with Crippen molar-refractivity contribution in [3.05, 3.63) is 74.9 Å². The van der Waals surface area contributed by atoms with Crippen molar-refractivity contribution in [2.24, 2.45) is 0 Å². The largest absolute Gasteiger partial charge is 0.351 e. The third kappa shape index (κ3) is 5.40. The van der Waals surface area contributed by atoms with E-state index in [4.69, 9.17) is 0 Å². The van der Waals surface area contributed by atoms with E-state index in [2.05, 4.69) is 5.32 Å². The minimum atomic E-state index is -0.792. The summed E-state index contributed by atoms with van der Waals surface area (Å²) in [6.07, 6.45) is 5.52. The first-order valence-corrected chi connectivity index (χ1v) is 12.3. The highest BCUT2D eigenvalue weighted by Crippen LogP contribution is 2.32. The summed E-state index contributed by atoms with van der Waals surface area (Å²) < 4.78 is 13.6. The quantitative estimate of drug-likeness (QED) is 0.495. The summed E-state index contributed by atoms with van der Waals surface area (Å²) in [5.74, 6) is -0.752. The average molecular weight is 457 g/mol. The van der Waals surface area contributed by atoms with E-state index in [0.29, 0.717) is 5.69 Å². The summed E-state index contributed by atoms with van der Waals surface area (Å²) >= 11 is 2.95. The Morgan fingerprint density at radius 3 is 2.35 bits per heavy atom. The van der Waals surface area contributed by atoms with E-state index in [-0.39, 0.29) is 30.1 Å². The average Bonchev–Trinajstić information content (AvgIpc) is 3.48. The summed E-state index contributed by atoms with van der Waals surface area (Å²) in [5.41, 5.74) is 0.514. The van der Waals surface area contributed by atoms with Crippen molar-refractivity contribution in [1.82, 2.24) is 5.32 Å². The van der Waals surface area contributed by atoms with Gasteiger partial charge in [0.2, 0.25) is 11.8 Å². The van der Waals surface area contributed by atoms with E-state index in [9.17, 15) is 14.0 Å². The molecule has 1 aliphatic rings. The standard InChI is InChI=1S/C24H25FN2O2S2/c25-17-10-12-19(13-11-17)27(22(28)16-20-8-4-14-30-20)23(21-9-5-15-31-21)24(29)26-18-6-2-1-3-7-18/h4-5,8-15,18,23H,1-3,6-7,16H2,(H,26,29)/t23-/m0/s1. The minimum absolute atomic E-state index is 0.131. The normalized spacial score (nSPS) is 15.4. The molecule has 1 atom stereocenters. The Balaban J connectivity index is 1.69. The smallest absolute Gasteiger partial charge is 0.248 e. The van der Waals surface area contributed by atoms with Crippen molar-refractivity contribution in [1.29, 1.82) is 0 Å². The SMILES string of the molecule is O=C(NC1CCCCC1)[C@H](c1cccs1)N(C(=O)Cc1cccs1)c1ccc(F)cc1. The van der Waals surface area contributed by atoms with Crippen molar-refractivity contribution in [2.75, 3.05) is 4.90 Å². The lowest BCUT2D eigenvalue weighted by Crippen LogP contribution is -2.47. The molecule has 3 aromatic rings. The Bertz CT molecular complexity index is 981. The van der Waals surface area contributed by atoms with E-state index in [1.54, 1.807) is 12.1 Å². The van der Waals surface area contributed by atoms with Gasteiger partial charge in [-0.1, -0.05) is 31.4 Å². The van der Waals surface area contributed by atoms with E-state index in [1.165, 1.54) is 46.1 Å². The van der Waals surface area contributed by atoms with Gasteiger partial charge in [-0.25, -0.2) is 4.39 Å². The first-order chi connectivity index (χ1) is 15.1. The van der Waals surface area contributed by atoms with Crippen LogP contribution in [-0.2, 0) is 16.0 Å². The maximum atomic E-state index is 13.6. The molecule has 31 heavy (non-hydrogen) atoms. The third-order valence-electron chi connectivity index (χ3n) is 5.55. The molecule has 162 valence electrons. The fourth-order valence-corrected chi connectivity index (χ4v) is 5.54. The summed E-state index contributed by atoms with van der Waals surface area (Å²) in [6, 6.07) is 12.7. The van der Waals surface area contributed by atoms with E-state index in [0.717, 1.165) is 35.4 Å². The predicted molar refractivity (Wildman–Crippen MR) is 124 cm³/mol. The molecule has 4 rings (SSSR count). The molecule has 0 spiro atoms. The fraction of sp³-hybridized carbons (Fsp3) is 0.333. The monoisotopic (exact) mass is 456 g/mol. The van der Waals surface area contributed by atoms with Gasteiger partial charge in [-0.05, 0) is 60.0 Å². The van der Waals surface area contributed by atoms with Crippen molar-refractivity contribution in [3.63, 3.8) is 0 Å². The number of nitrogens with one attached hydrogen (secondary N) is 1. The zero-order chi connectivity index (χ0) is 21.6. The number of amides is 2. The van der Waals surface area contributed by atoms with Gasteiger partial charge in [0.15, 0.2) is 0 Å². The van der Waals surface area contributed by atoms with Gasteiger partial charge < -0.3 is 5.32 Å². The molecule has 0 bridgehead atoms. The maximum absolute atomic E-state index is 13.6. The van der Waals surface area contributed by atoms with Crippen LogP contribution in [0.5, 0.6) is 0 Å². The third-order valence-corrected chi connectivity index (χ3v) is 7.35. The molecule has 0 saturated heterocycles. The number of hydrogen-bond acceptors (Lipinski definition) is 4. The molecule has 7 heteroatoms. The van der Waals surface area contributed by atoms with Gasteiger partial charge in [-0.2, -0.15) is 0 Å². The molecule has 0 radical (unpaired) electrons. The second-order valence-corrected chi connectivity index (χ2v) is 9.77. The summed E-state index contributed by atoms with van der Waals surface area (Å²) in [4.78, 5) is 30.3. The van der Waals surface area contributed by atoms with Crippen LogP contribution in [0.2, 0.25) is 0 Å². The number of thiophene rings is 2. The predicted octanol–water partition coefficient (Wildman–Crippen LogP) is 5.71. The number of benzene rings is 1. The molecule has 2 aromatic heterocycles. The topological polar surface area (TPSA) is 49.4 Å². The van der Waals surface area contributed by atoms with Gasteiger partial charge in [-0.3, -0.25) is 14.5 Å². The number of carbonyl (C=O) groups excluding carboxylic acids is 2. The Labute approximate surface area is 189 Å². The summed E-state index contributed by atoms with van der Waals surface area (Å²) in [5, 5.41) is 7.02. The lowest BCUT2D eigenvalue weighted by atomic mass is 9.95. The molecule has 2 heterocycles. The van der Waals surface area contributed by atoms with Gasteiger partial charge in [0.1, 0.15) is 11.9 Å². The van der Waals surface area contributed by atoms with E-state index >= 15 is 0 Å². The number of carbonyl (C=O) groups is 2. The molecule has 1 saturated carbocycles. The van der Waals surface area contributed by atoms with Crippen LogP contribution in [0.15, 0.2) is 59.3 Å². The molecular weight excluding hydrogens is 431 g/mol. The molecule has 2 amide bonds. The molecule has 0 aliphatic heterocycles. The molecule has 4 nitrogen and oxygen atoms in total. The zero-order valence-corrected chi connectivity index (χ0v) is 18.8. The minimum Gasteiger partial charge on any atom is -0.351 e. The molecular formula is C24H25FN2O2S2. The van der Waals surface area contributed by atoms with Crippen LogP contribution in [0.25, 0.3) is 0 Å². The van der Waals surface area contributed by atoms with E-state index in [1.807, 2.05) is 35.0 Å². The highest BCUT2D eigenvalue weighted by Gasteiger charge is 2.34. The second kappa shape index (κ2) is 10.2. The van der Waals surface area contributed by atoms with Crippen molar-refractivity contribution in [2.45, 2.75) is 50.6 Å². The van der Waals surface area contributed by atoms with Crippen LogP contribution in [0, 0.1) is 5.82 Å². The Hall–Kier alpha value is -2.51. The van der Waals surface area contributed by atoms with Crippen molar-refractivity contribution in [3.8, 4) is 0 Å². The van der Waals surface area contributed by atoms with Crippen LogP contribution >= 0.6 is 22.7 Å². The molecule has 1 fully saturated rings. The highest BCUT2D eigenvalue weighted by molar-refractivity contribution is 7.10. The summed E-state index contributed by atoms with van der Waals surface area (Å²) in [6.45, 7) is 0. The van der Waals surface area contributed by atoms with Gasteiger partial charge >= 0.3 is 0 Å². The van der Waals surface area contributed by atoms with Crippen LogP contribution < -0.4 is 10.2 Å². The lowest BCUT2D eigenvalue weighted by molar-refractivity contribution is -0.127. The van der Waals surface area contributed by atoms with Gasteiger partial charge in [0, 0.05) is 21.5 Å². The lowest BCUT2D eigenvalue weighted by Gasteiger charge is -2.32. The number of nitrogens with zero attached hydrogens (tertiary/aromatic N) is 1. The maximum Gasteiger partial charge on any atom is 0.248 e. The van der Waals surface area contributed by atoms with Crippen molar-refractivity contribution < 1.29 is 14.0 Å². The first-order valence-electron chi connectivity index (χ1n) is 10.6. The van der Waals surface area contributed by atoms with Gasteiger partial charge in [-0.15, -0.1) is 22.7 Å². The number of rotatable bonds is 7. The zero-order valence-electron chi connectivity index (χ0n) is 17.1. The molecule has 1 aromatic carbocycles. The van der Waals surface area contributed by atoms with Crippen LogP contribution in [0.3, 0.4) is 0 Å². The molecule has 1 N–H and O–H groups in total. The van der Waals surface area contributed by atoms with Crippen LogP contribution in [-0.4, -0.2) is 17.9 Å².